The Kier molecular flexibility index (Phi) is 3.78. The molecule has 0 bridgehead atoms. The third kappa shape index (κ3) is 2.79. The number of carboxylic acids is 1. The van der Waals surface area contributed by atoms with Crippen LogP contribution in [0.15, 0.2) is 51.7 Å². The first-order valence-corrected chi connectivity index (χ1v) is 6.95. The Bertz CT molecular complexity index is 894. The second-order valence-electron chi connectivity index (χ2n) is 4.94. The van der Waals surface area contributed by atoms with Gasteiger partial charge < -0.3 is 14.3 Å². The summed E-state index contributed by atoms with van der Waals surface area (Å²) in [6, 6.07) is 12.6. The normalized spacial score (nSPS) is 10.9. The molecule has 0 atom stereocenters. The van der Waals surface area contributed by atoms with Crippen molar-refractivity contribution in [2.75, 3.05) is 6.61 Å². The number of aliphatic carboxylic acids is 1. The van der Waals surface area contributed by atoms with Crippen LogP contribution in [0.25, 0.3) is 21.7 Å². The van der Waals surface area contributed by atoms with Crippen LogP contribution in [0.3, 0.4) is 0 Å². The Morgan fingerprint density at radius 1 is 1.09 bits per heavy atom. The van der Waals surface area contributed by atoms with Crippen LogP contribution in [0.1, 0.15) is 12.8 Å². The van der Waals surface area contributed by atoms with Gasteiger partial charge in [-0.15, -0.1) is 0 Å². The maximum atomic E-state index is 12.0. The lowest BCUT2D eigenvalue weighted by Gasteiger charge is -2.07. The zero-order chi connectivity index (χ0) is 15.5. The third-order valence-electron chi connectivity index (χ3n) is 3.40. The predicted octanol–water partition coefficient (Wildman–Crippen LogP) is 3.19. The van der Waals surface area contributed by atoms with Gasteiger partial charge in [0.2, 0.25) is 0 Å². The van der Waals surface area contributed by atoms with Gasteiger partial charge >= 0.3 is 11.6 Å². The summed E-state index contributed by atoms with van der Waals surface area (Å²) in [7, 11) is 0. The topological polar surface area (TPSA) is 76.7 Å². The first-order valence-electron chi connectivity index (χ1n) is 6.95. The lowest BCUT2D eigenvalue weighted by molar-refractivity contribution is -0.137. The zero-order valence-electron chi connectivity index (χ0n) is 11.7. The average Bonchev–Trinajstić information content (AvgIpc) is 2.51. The molecule has 22 heavy (non-hydrogen) atoms. The largest absolute Gasteiger partial charge is 0.493 e. The van der Waals surface area contributed by atoms with Crippen molar-refractivity contribution < 1.29 is 19.1 Å². The molecule has 0 aliphatic rings. The fourth-order valence-electron chi connectivity index (χ4n) is 2.36. The van der Waals surface area contributed by atoms with Crippen LogP contribution < -0.4 is 10.4 Å². The van der Waals surface area contributed by atoms with Crippen LogP contribution >= 0.6 is 0 Å². The van der Waals surface area contributed by atoms with E-state index in [1.54, 1.807) is 24.3 Å². The lowest BCUT2D eigenvalue weighted by atomic mass is 10.1. The molecular weight excluding hydrogens is 284 g/mol. The molecule has 0 spiro atoms. The van der Waals surface area contributed by atoms with Gasteiger partial charge in [-0.2, -0.15) is 0 Å². The summed E-state index contributed by atoms with van der Waals surface area (Å²) in [6.07, 6.45) is 0.488. The van der Waals surface area contributed by atoms with Gasteiger partial charge in [0.25, 0.3) is 0 Å². The Hall–Kier alpha value is -2.82. The number of fused-ring (bicyclic) bond motifs is 3. The molecular formula is C17H14O5. The molecule has 1 heterocycles. The van der Waals surface area contributed by atoms with Gasteiger partial charge in [0, 0.05) is 17.9 Å². The highest BCUT2D eigenvalue weighted by Crippen LogP contribution is 2.26. The summed E-state index contributed by atoms with van der Waals surface area (Å²) in [5, 5.41) is 10.8. The molecule has 3 rings (SSSR count). The van der Waals surface area contributed by atoms with Crippen LogP contribution in [0.4, 0.5) is 0 Å². The summed E-state index contributed by atoms with van der Waals surface area (Å²) in [4.78, 5) is 22.4. The number of benzene rings is 2. The molecule has 0 unspecified atom stereocenters. The molecule has 2 aromatic carbocycles. The SMILES string of the molecule is O=C(O)CCCOc1ccc2c(c1)oc(=O)c1ccccc12. The number of hydrogen-bond donors (Lipinski definition) is 1. The lowest BCUT2D eigenvalue weighted by Crippen LogP contribution is -2.02. The fourth-order valence-corrected chi connectivity index (χ4v) is 2.36. The molecule has 0 aliphatic carbocycles. The summed E-state index contributed by atoms with van der Waals surface area (Å²) in [5.41, 5.74) is 0.0746. The van der Waals surface area contributed by atoms with Gasteiger partial charge in [0.05, 0.1) is 12.0 Å². The van der Waals surface area contributed by atoms with Crippen molar-refractivity contribution in [2.24, 2.45) is 0 Å². The van der Waals surface area contributed by atoms with Gasteiger partial charge in [-0.05, 0) is 30.0 Å². The van der Waals surface area contributed by atoms with E-state index in [1.807, 2.05) is 18.2 Å². The van der Waals surface area contributed by atoms with E-state index in [-0.39, 0.29) is 12.0 Å². The molecule has 3 aromatic rings. The molecule has 0 saturated carbocycles. The molecule has 0 aliphatic heterocycles. The Morgan fingerprint density at radius 3 is 2.64 bits per heavy atom. The second kappa shape index (κ2) is 5.89. The van der Waals surface area contributed by atoms with Crippen molar-refractivity contribution in [3.63, 3.8) is 0 Å². The monoisotopic (exact) mass is 298 g/mol. The van der Waals surface area contributed by atoms with E-state index in [4.69, 9.17) is 14.3 Å². The van der Waals surface area contributed by atoms with E-state index in [0.717, 1.165) is 10.8 Å². The molecule has 0 fully saturated rings. The van der Waals surface area contributed by atoms with Crippen molar-refractivity contribution >= 4 is 27.7 Å². The number of ether oxygens (including phenoxy) is 1. The maximum Gasteiger partial charge on any atom is 0.344 e. The highest BCUT2D eigenvalue weighted by atomic mass is 16.5. The van der Waals surface area contributed by atoms with Crippen molar-refractivity contribution in [1.29, 1.82) is 0 Å². The maximum absolute atomic E-state index is 12.0. The van der Waals surface area contributed by atoms with Crippen LogP contribution in [-0.4, -0.2) is 17.7 Å². The fraction of sp³-hybridized carbons (Fsp3) is 0.176. The summed E-state index contributed by atoms with van der Waals surface area (Å²) >= 11 is 0. The summed E-state index contributed by atoms with van der Waals surface area (Å²) < 4.78 is 10.8. The Balaban J connectivity index is 1.92. The molecule has 0 saturated heterocycles. The molecule has 1 N–H and O–H groups in total. The van der Waals surface area contributed by atoms with Crippen LogP contribution in [0.5, 0.6) is 5.75 Å². The minimum atomic E-state index is -0.848. The van der Waals surface area contributed by atoms with Crippen LogP contribution in [0.2, 0.25) is 0 Å². The highest BCUT2D eigenvalue weighted by Gasteiger charge is 2.08. The van der Waals surface area contributed by atoms with E-state index in [0.29, 0.717) is 29.7 Å². The minimum Gasteiger partial charge on any atom is -0.493 e. The van der Waals surface area contributed by atoms with Gasteiger partial charge in [-0.3, -0.25) is 4.79 Å². The van der Waals surface area contributed by atoms with Crippen molar-refractivity contribution in [1.82, 2.24) is 0 Å². The summed E-state index contributed by atoms with van der Waals surface area (Å²) in [5.74, 6) is -0.295. The predicted molar refractivity (Wildman–Crippen MR) is 82.4 cm³/mol. The van der Waals surface area contributed by atoms with Crippen molar-refractivity contribution in [2.45, 2.75) is 12.8 Å². The smallest absolute Gasteiger partial charge is 0.344 e. The van der Waals surface area contributed by atoms with Gasteiger partial charge in [-0.25, -0.2) is 4.79 Å². The first-order chi connectivity index (χ1) is 10.6. The second-order valence-corrected chi connectivity index (χ2v) is 4.94. The van der Waals surface area contributed by atoms with E-state index < -0.39 is 5.97 Å². The third-order valence-corrected chi connectivity index (χ3v) is 3.40. The molecule has 5 heteroatoms. The molecule has 0 amide bonds. The zero-order valence-corrected chi connectivity index (χ0v) is 11.7. The van der Waals surface area contributed by atoms with E-state index in [9.17, 15) is 9.59 Å². The molecule has 0 radical (unpaired) electrons. The standard InChI is InChI=1S/C17H14O5/c18-16(19)6-3-9-21-11-7-8-13-12-4-1-2-5-14(12)17(20)22-15(13)10-11/h1-2,4-5,7-8,10H,3,6,9H2,(H,18,19). The Morgan fingerprint density at radius 2 is 1.86 bits per heavy atom. The van der Waals surface area contributed by atoms with Gasteiger partial charge in [-0.1, -0.05) is 18.2 Å². The van der Waals surface area contributed by atoms with E-state index >= 15 is 0 Å². The Labute approximate surface area is 125 Å². The first kappa shape index (κ1) is 14.1. The van der Waals surface area contributed by atoms with Crippen molar-refractivity contribution in [3.8, 4) is 5.75 Å². The quantitative estimate of drug-likeness (QED) is 0.444. The highest BCUT2D eigenvalue weighted by molar-refractivity contribution is 6.04. The molecule has 1 aromatic heterocycles. The van der Waals surface area contributed by atoms with Gasteiger partial charge in [0.1, 0.15) is 11.3 Å². The molecule has 5 nitrogen and oxygen atoms in total. The summed E-state index contributed by atoms with van der Waals surface area (Å²) in [6.45, 7) is 0.301. The van der Waals surface area contributed by atoms with E-state index in [2.05, 4.69) is 0 Å². The van der Waals surface area contributed by atoms with Crippen molar-refractivity contribution in [3.05, 3.63) is 52.9 Å². The van der Waals surface area contributed by atoms with Gasteiger partial charge in [0.15, 0.2) is 0 Å². The number of carboxylic acid groups (broad SMARTS) is 1. The van der Waals surface area contributed by atoms with Crippen LogP contribution in [0, 0.1) is 0 Å². The van der Waals surface area contributed by atoms with Crippen LogP contribution in [-0.2, 0) is 4.79 Å². The average molecular weight is 298 g/mol. The number of rotatable bonds is 5. The number of carbonyl (C=O) groups is 1. The van der Waals surface area contributed by atoms with E-state index in [1.165, 1.54) is 0 Å². The number of hydrogen-bond acceptors (Lipinski definition) is 4. The molecule has 112 valence electrons. The minimum absolute atomic E-state index is 0.0628.